The third kappa shape index (κ3) is 6.55. The van der Waals surface area contributed by atoms with Crippen molar-refractivity contribution in [3.05, 3.63) is 88.7 Å². The second-order valence-corrected chi connectivity index (χ2v) is 6.31. The average Bonchev–Trinajstić information content (AvgIpc) is 3.17. The van der Waals surface area contributed by atoms with E-state index in [-0.39, 0.29) is 24.0 Å². The Morgan fingerprint density at radius 3 is 2.37 bits per heavy atom. The van der Waals surface area contributed by atoms with Crippen molar-refractivity contribution in [2.45, 2.75) is 19.6 Å². The van der Waals surface area contributed by atoms with Gasteiger partial charge in [-0.1, -0.05) is 48.0 Å². The van der Waals surface area contributed by atoms with E-state index in [9.17, 15) is 0 Å². The Morgan fingerprint density at radius 2 is 1.70 bits per heavy atom. The van der Waals surface area contributed by atoms with Crippen molar-refractivity contribution in [1.29, 1.82) is 0 Å². The summed E-state index contributed by atoms with van der Waals surface area (Å²) < 4.78 is 1.92. The molecule has 0 fully saturated rings. The molecule has 0 saturated heterocycles. The fourth-order valence-corrected chi connectivity index (χ4v) is 2.77. The lowest BCUT2D eigenvalue weighted by molar-refractivity contribution is 0.677. The molecule has 2 aromatic carbocycles. The molecule has 5 nitrogen and oxygen atoms in total. The SMILES string of the molecule is CN=C(NCc1ccc(Cl)cc1)NCc1ccccc1Cn1cccn1.I. The maximum atomic E-state index is 5.92. The van der Waals surface area contributed by atoms with E-state index in [1.54, 1.807) is 13.2 Å². The highest BCUT2D eigenvalue weighted by molar-refractivity contribution is 14.0. The monoisotopic (exact) mass is 495 g/mol. The van der Waals surface area contributed by atoms with Crippen molar-refractivity contribution in [3.63, 3.8) is 0 Å². The molecule has 0 aliphatic carbocycles. The molecule has 0 aliphatic rings. The van der Waals surface area contributed by atoms with Crippen LogP contribution in [0, 0.1) is 0 Å². The van der Waals surface area contributed by atoms with Crippen LogP contribution in [0.1, 0.15) is 16.7 Å². The van der Waals surface area contributed by atoms with Gasteiger partial charge in [0.15, 0.2) is 5.96 Å². The number of hydrogen-bond acceptors (Lipinski definition) is 2. The van der Waals surface area contributed by atoms with Gasteiger partial charge in [0.25, 0.3) is 0 Å². The zero-order valence-electron chi connectivity index (χ0n) is 15.1. The van der Waals surface area contributed by atoms with Crippen LogP contribution in [0.3, 0.4) is 0 Å². The summed E-state index contributed by atoms with van der Waals surface area (Å²) in [4.78, 5) is 4.29. The number of guanidine groups is 1. The second-order valence-electron chi connectivity index (χ2n) is 5.88. The number of aliphatic imine (C=N–C) groups is 1. The molecule has 1 aromatic heterocycles. The number of hydrogen-bond donors (Lipinski definition) is 2. The molecule has 0 radical (unpaired) electrons. The average molecular weight is 496 g/mol. The predicted octanol–water partition coefficient (Wildman–Crippen LogP) is 4.07. The van der Waals surface area contributed by atoms with Gasteiger partial charge >= 0.3 is 0 Å². The molecule has 3 rings (SSSR count). The van der Waals surface area contributed by atoms with E-state index in [0.717, 1.165) is 23.1 Å². The van der Waals surface area contributed by atoms with E-state index in [0.29, 0.717) is 13.1 Å². The van der Waals surface area contributed by atoms with Gasteiger partial charge in [0.05, 0.1) is 6.54 Å². The third-order valence-electron chi connectivity index (χ3n) is 4.05. The summed E-state index contributed by atoms with van der Waals surface area (Å²) in [6.07, 6.45) is 3.76. The maximum Gasteiger partial charge on any atom is 0.191 e. The van der Waals surface area contributed by atoms with Gasteiger partial charge in [-0.25, -0.2) is 0 Å². The quantitative estimate of drug-likeness (QED) is 0.308. The van der Waals surface area contributed by atoms with Crippen LogP contribution in [0.4, 0.5) is 0 Å². The van der Waals surface area contributed by atoms with Gasteiger partial charge in [-0.15, -0.1) is 24.0 Å². The lowest BCUT2D eigenvalue weighted by atomic mass is 10.1. The molecule has 0 aliphatic heterocycles. The predicted molar refractivity (Wildman–Crippen MR) is 122 cm³/mol. The first kappa shape index (κ1) is 21.2. The molecule has 27 heavy (non-hydrogen) atoms. The Kier molecular flexibility index (Phi) is 8.60. The Morgan fingerprint density at radius 1 is 1.00 bits per heavy atom. The first-order chi connectivity index (χ1) is 12.7. The molecule has 142 valence electrons. The van der Waals surface area contributed by atoms with Crippen molar-refractivity contribution in [3.8, 4) is 0 Å². The van der Waals surface area contributed by atoms with Crippen LogP contribution in [0.5, 0.6) is 0 Å². The summed E-state index contributed by atoms with van der Waals surface area (Å²) >= 11 is 5.92. The minimum absolute atomic E-state index is 0. The molecule has 0 spiro atoms. The van der Waals surface area contributed by atoms with E-state index in [4.69, 9.17) is 11.6 Å². The van der Waals surface area contributed by atoms with Crippen molar-refractivity contribution in [2.24, 2.45) is 4.99 Å². The zero-order chi connectivity index (χ0) is 18.2. The maximum absolute atomic E-state index is 5.92. The minimum Gasteiger partial charge on any atom is -0.352 e. The van der Waals surface area contributed by atoms with Crippen LogP contribution in [0.15, 0.2) is 72.0 Å². The highest BCUT2D eigenvalue weighted by atomic mass is 127. The normalized spacial score (nSPS) is 11.0. The van der Waals surface area contributed by atoms with Crippen LogP contribution in [0.25, 0.3) is 0 Å². The Bertz CT molecular complexity index is 847. The van der Waals surface area contributed by atoms with Gasteiger partial charge in [0.1, 0.15) is 0 Å². The third-order valence-corrected chi connectivity index (χ3v) is 4.31. The lowest BCUT2D eigenvalue weighted by Gasteiger charge is -2.14. The number of rotatable bonds is 6. The molecule has 0 amide bonds. The van der Waals surface area contributed by atoms with E-state index in [2.05, 4.69) is 38.9 Å². The first-order valence-corrected chi connectivity index (χ1v) is 8.85. The van der Waals surface area contributed by atoms with Gasteiger partial charge < -0.3 is 10.6 Å². The summed E-state index contributed by atoms with van der Waals surface area (Å²) in [5.74, 6) is 0.758. The first-order valence-electron chi connectivity index (χ1n) is 8.48. The van der Waals surface area contributed by atoms with Crippen LogP contribution < -0.4 is 10.6 Å². The number of nitrogens with zero attached hydrogens (tertiary/aromatic N) is 3. The molecular formula is C20H23ClIN5. The molecule has 3 aromatic rings. The fraction of sp³-hybridized carbons (Fsp3) is 0.200. The molecule has 0 unspecified atom stereocenters. The van der Waals surface area contributed by atoms with Gasteiger partial charge in [-0.2, -0.15) is 5.10 Å². The molecule has 2 N–H and O–H groups in total. The number of nitrogens with one attached hydrogen (secondary N) is 2. The van der Waals surface area contributed by atoms with Crippen LogP contribution >= 0.6 is 35.6 Å². The number of aromatic nitrogens is 2. The van der Waals surface area contributed by atoms with Crippen molar-refractivity contribution in [1.82, 2.24) is 20.4 Å². The van der Waals surface area contributed by atoms with Crippen molar-refractivity contribution >= 4 is 41.5 Å². The summed E-state index contributed by atoms with van der Waals surface area (Å²) in [6.45, 7) is 2.13. The lowest BCUT2D eigenvalue weighted by Crippen LogP contribution is -2.36. The van der Waals surface area contributed by atoms with E-state index >= 15 is 0 Å². The molecule has 0 saturated carbocycles. The van der Waals surface area contributed by atoms with Crippen LogP contribution in [-0.2, 0) is 19.6 Å². The Labute approximate surface area is 181 Å². The number of benzene rings is 2. The molecule has 1 heterocycles. The fourth-order valence-electron chi connectivity index (χ4n) is 2.64. The highest BCUT2D eigenvalue weighted by Crippen LogP contribution is 2.11. The highest BCUT2D eigenvalue weighted by Gasteiger charge is 2.05. The summed E-state index contributed by atoms with van der Waals surface area (Å²) in [5.41, 5.74) is 3.60. The second kappa shape index (κ2) is 10.9. The van der Waals surface area contributed by atoms with Gasteiger partial charge in [-0.05, 0) is 34.9 Å². The number of halogens is 2. The summed E-state index contributed by atoms with van der Waals surface area (Å²) in [5, 5.41) is 11.7. The Hall–Kier alpha value is -2.06. The molecule has 0 atom stereocenters. The van der Waals surface area contributed by atoms with Crippen molar-refractivity contribution < 1.29 is 0 Å². The van der Waals surface area contributed by atoms with Crippen LogP contribution in [0.2, 0.25) is 5.02 Å². The van der Waals surface area contributed by atoms with Gasteiger partial charge in [0.2, 0.25) is 0 Å². The van der Waals surface area contributed by atoms with Crippen molar-refractivity contribution in [2.75, 3.05) is 7.05 Å². The van der Waals surface area contributed by atoms with Gasteiger partial charge in [0, 0.05) is 37.6 Å². The standard InChI is InChI=1S/C20H22ClN5.HI/c1-22-20(23-13-16-7-9-19(21)10-8-16)24-14-17-5-2-3-6-18(17)15-26-12-4-11-25-26;/h2-12H,13-15H2,1H3,(H2,22,23,24);1H. The molecule has 7 heteroatoms. The smallest absolute Gasteiger partial charge is 0.191 e. The van der Waals surface area contributed by atoms with E-state index in [1.807, 2.05) is 47.3 Å². The topological polar surface area (TPSA) is 54.2 Å². The van der Waals surface area contributed by atoms with Crippen LogP contribution in [-0.4, -0.2) is 22.8 Å². The molecule has 0 bridgehead atoms. The largest absolute Gasteiger partial charge is 0.352 e. The van der Waals surface area contributed by atoms with E-state index < -0.39 is 0 Å². The Balaban J connectivity index is 0.00000261. The minimum atomic E-state index is 0. The van der Waals surface area contributed by atoms with E-state index in [1.165, 1.54) is 11.1 Å². The zero-order valence-corrected chi connectivity index (χ0v) is 18.2. The molecular weight excluding hydrogens is 473 g/mol. The summed E-state index contributed by atoms with van der Waals surface area (Å²) in [6, 6.07) is 18.1. The summed E-state index contributed by atoms with van der Waals surface area (Å²) in [7, 11) is 1.77. The van der Waals surface area contributed by atoms with Gasteiger partial charge in [-0.3, -0.25) is 9.67 Å².